The first kappa shape index (κ1) is 12.4. The number of rotatable bonds is 3. The van der Waals surface area contributed by atoms with Crippen LogP contribution in [0.2, 0.25) is 0 Å². The molecule has 2 rings (SSSR count). The van der Waals surface area contributed by atoms with Gasteiger partial charge in [-0.1, -0.05) is 0 Å². The highest BCUT2D eigenvalue weighted by atomic mass is 32.2. The van der Waals surface area contributed by atoms with Gasteiger partial charge in [0.1, 0.15) is 0 Å². The Labute approximate surface area is 102 Å². The maximum atomic E-state index is 11.7. The van der Waals surface area contributed by atoms with Crippen molar-refractivity contribution in [1.29, 1.82) is 0 Å². The zero-order chi connectivity index (χ0) is 12.5. The second-order valence-electron chi connectivity index (χ2n) is 4.69. The minimum Gasteiger partial charge on any atom is -0.380 e. The van der Waals surface area contributed by atoms with E-state index in [2.05, 4.69) is 10.3 Å². The highest BCUT2D eigenvalue weighted by Crippen LogP contribution is 2.28. The molecule has 1 aromatic heterocycles. The van der Waals surface area contributed by atoms with Gasteiger partial charge in [0.25, 0.3) is 0 Å². The van der Waals surface area contributed by atoms with Crippen LogP contribution in [0.5, 0.6) is 0 Å². The van der Waals surface area contributed by atoms with Gasteiger partial charge < -0.3 is 5.32 Å². The molecular weight excluding hydrogens is 236 g/mol. The summed E-state index contributed by atoms with van der Waals surface area (Å²) in [4.78, 5) is 4.20. The van der Waals surface area contributed by atoms with Gasteiger partial charge in [-0.15, -0.1) is 0 Å². The molecule has 0 radical (unpaired) electrons. The van der Waals surface area contributed by atoms with Crippen LogP contribution in [-0.4, -0.2) is 30.9 Å². The molecule has 94 valence electrons. The van der Waals surface area contributed by atoms with Crippen LogP contribution < -0.4 is 5.32 Å². The van der Waals surface area contributed by atoms with Crippen LogP contribution in [0.15, 0.2) is 18.3 Å². The highest BCUT2D eigenvalue weighted by molar-refractivity contribution is 7.91. The third-order valence-electron chi connectivity index (χ3n) is 3.35. The van der Waals surface area contributed by atoms with E-state index >= 15 is 0 Å². The first-order valence-corrected chi connectivity index (χ1v) is 7.81. The van der Waals surface area contributed by atoms with Gasteiger partial charge in [0, 0.05) is 18.5 Å². The van der Waals surface area contributed by atoms with E-state index in [9.17, 15) is 8.42 Å². The molecule has 1 saturated carbocycles. The lowest BCUT2D eigenvalue weighted by atomic mass is 10.2. The highest BCUT2D eigenvalue weighted by Gasteiger charge is 2.34. The number of sulfone groups is 1. The van der Waals surface area contributed by atoms with Gasteiger partial charge in [0.05, 0.1) is 16.6 Å². The fraction of sp³-hybridized carbons (Fsp3) is 0.583. The van der Waals surface area contributed by atoms with Crippen molar-refractivity contribution in [2.45, 2.75) is 37.5 Å². The van der Waals surface area contributed by atoms with E-state index in [0.29, 0.717) is 0 Å². The maximum absolute atomic E-state index is 11.7. The molecule has 4 nitrogen and oxygen atoms in total. The van der Waals surface area contributed by atoms with Crippen molar-refractivity contribution in [3.63, 3.8) is 0 Å². The molecule has 1 aromatic rings. The van der Waals surface area contributed by atoms with Crippen LogP contribution >= 0.6 is 0 Å². The molecule has 0 unspecified atom stereocenters. The molecular formula is C12H18N2O2S. The van der Waals surface area contributed by atoms with E-state index in [0.717, 1.165) is 30.6 Å². The number of hydrogen-bond acceptors (Lipinski definition) is 4. The summed E-state index contributed by atoms with van der Waals surface area (Å²) in [6.45, 7) is 1.92. The van der Waals surface area contributed by atoms with Gasteiger partial charge in [-0.2, -0.15) is 0 Å². The lowest BCUT2D eigenvalue weighted by Crippen LogP contribution is -2.34. The summed E-state index contributed by atoms with van der Waals surface area (Å²) in [6, 6.07) is 3.83. The van der Waals surface area contributed by atoms with Crippen LogP contribution in [0.1, 0.15) is 25.0 Å². The Morgan fingerprint density at radius 2 is 2.18 bits per heavy atom. The lowest BCUT2D eigenvalue weighted by molar-refractivity contribution is 0.579. The summed E-state index contributed by atoms with van der Waals surface area (Å²) in [5.41, 5.74) is 1.85. The zero-order valence-electron chi connectivity index (χ0n) is 10.2. The van der Waals surface area contributed by atoms with Crippen molar-refractivity contribution in [1.82, 2.24) is 4.98 Å². The lowest BCUT2D eigenvalue weighted by Gasteiger charge is -2.21. The average molecular weight is 254 g/mol. The zero-order valence-corrected chi connectivity index (χ0v) is 11.0. The molecule has 1 aliphatic rings. The largest absolute Gasteiger partial charge is 0.380 e. The molecule has 0 spiro atoms. The molecule has 5 heteroatoms. The van der Waals surface area contributed by atoms with Gasteiger partial charge in [0.15, 0.2) is 9.84 Å². The molecule has 0 aromatic carbocycles. The summed E-state index contributed by atoms with van der Waals surface area (Å²) < 4.78 is 23.3. The molecule has 1 N–H and O–H groups in total. The maximum Gasteiger partial charge on any atom is 0.152 e. The van der Waals surface area contributed by atoms with Gasteiger partial charge in [-0.3, -0.25) is 4.98 Å². The number of nitrogens with one attached hydrogen (secondary N) is 1. The van der Waals surface area contributed by atoms with Crippen LogP contribution in [0.4, 0.5) is 5.69 Å². The fourth-order valence-electron chi connectivity index (χ4n) is 2.44. The first-order chi connectivity index (χ1) is 7.98. The topological polar surface area (TPSA) is 59.1 Å². The van der Waals surface area contributed by atoms with Crippen LogP contribution in [0.25, 0.3) is 0 Å². The van der Waals surface area contributed by atoms with Gasteiger partial charge in [0.2, 0.25) is 0 Å². The summed E-state index contributed by atoms with van der Waals surface area (Å²) in [6.07, 6.45) is 5.70. The van der Waals surface area contributed by atoms with Gasteiger partial charge in [-0.05, 0) is 38.3 Å². The minimum atomic E-state index is -2.97. The van der Waals surface area contributed by atoms with E-state index in [4.69, 9.17) is 0 Å². The molecule has 0 saturated heterocycles. The predicted octanol–water partition coefficient (Wildman–Crippen LogP) is 1.77. The second-order valence-corrected chi connectivity index (χ2v) is 6.95. The van der Waals surface area contributed by atoms with E-state index in [1.807, 2.05) is 19.1 Å². The quantitative estimate of drug-likeness (QED) is 0.893. The second kappa shape index (κ2) is 4.64. The predicted molar refractivity (Wildman–Crippen MR) is 68.9 cm³/mol. The third kappa shape index (κ3) is 2.77. The average Bonchev–Trinajstić information content (AvgIpc) is 2.69. The molecule has 0 bridgehead atoms. The standard InChI is InChI=1S/C12H18N2O2S/c1-9-10(6-4-8-13-9)14-11-5-3-7-12(11)17(2,15)16/h4,6,8,11-12,14H,3,5,7H2,1-2H3/t11-,12-/m0/s1. The normalized spacial score (nSPS) is 24.8. The van der Waals surface area contributed by atoms with Gasteiger partial charge >= 0.3 is 0 Å². The van der Waals surface area contributed by atoms with E-state index in [1.165, 1.54) is 6.26 Å². The van der Waals surface area contributed by atoms with Crippen LogP contribution in [0, 0.1) is 6.92 Å². The Bertz CT molecular complexity index is 499. The number of aryl methyl sites for hydroxylation is 1. The van der Waals surface area contributed by atoms with E-state index < -0.39 is 9.84 Å². The summed E-state index contributed by atoms with van der Waals surface area (Å²) in [5, 5.41) is 3.06. The number of anilines is 1. The molecule has 1 aliphatic carbocycles. The van der Waals surface area contributed by atoms with Crippen LogP contribution in [0.3, 0.4) is 0 Å². The number of pyridine rings is 1. The van der Waals surface area contributed by atoms with Crippen molar-refractivity contribution in [3.8, 4) is 0 Å². The Morgan fingerprint density at radius 3 is 2.82 bits per heavy atom. The molecule has 1 fully saturated rings. The molecule has 17 heavy (non-hydrogen) atoms. The van der Waals surface area contributed by atoms with Crippen molar-refractivity contribution in [2.24, 2.45) is 0 Å². The Morgan fingerprint density at radius 1 is 1.41 bits per heavy atom. The summed E-state index contributed by atoms with van der Waals surface area (Å²) in [5.74, 6) is 0. The number of hydrogen-bond donors (Lipinski definition) is 1. The smallest absolute Gasteiger partial charge is 0.152 e. The van der Waals surface area contributed by atoms with Gasteiger partial charge in [-0.25, -0.2) is 8.42 Å². The molecule has 0 amide bonds. The SMILES string of the molecule is Cc1ncccc1N[C@H]1CCC[C@@H]1S(C)(=O)=O. The number of nitrogens with zero attached hydrogens (tertiary/aromatic N) is 1. The Hall–Kier alpha value is -1.10. The Kier molecular flexibility index (Phi) is 3.38. The summed E-state index contributed by atoms with van der Waals surface area (Å²) in [7, 11) is -2.97. The van der Waals surface area contributed by atoms with Crippen molar-refractivity contribution in [3.05, 3.63) is 24.0 Å². The van der Waals surface area contributed by atoms with E-state index in [1.54, 1.807) is 6.20 Å². The van der Waals surface area contributed by atoms with Crippen molar-refractivity contribution in [2.75, 3.05) is 11.6 Å². The summed E-state index contributed by atoms with van der Waals surface area (Å²) >= 11 is 0. The minimum absolute atomic E-state index is 0.0212. The third-order valence-corrected chi connectivity index (χ3v) is 5.01. The number of aromatic nitrogens is 1. The molecule has 0 aliphatic heterocycles. The van der Waals surface area contributed by atoms with Crippen molar-refractivity contribution >= 4 is 15.5 Å². The fourth-order valence-corrected chi connectivity index (χ4v) is 3.84. The molecule has 1 heterocycles. The van der Waals surface area contributed by atoms with E-state index in [-0.39, 0.29) is 11.3 Å². The van der Waals surface area contributed by atoms with Crippen LogP contribution in [-0.2, 0) is 9.84 Å². The Balaban J connectivity index is 2.17. The van der Waals surface area contributed by atoms with Crippen molar-refractivity contribution < 1.29 is 8.42 Å². The first-order valence-electron chi connectivity index (χ1n) is 5.85. The molecule has 2 atom stereocenters. The monoisotopic (exact) mass is 254 g/mol.